The van der Waals surface area contributed by atoms with Crippen molar-refractivity contribution in [3.8, 4) is 0 Å². The van der Waals surface area contributed by atoms with Crippen molar-refractivity contribution in [3.63, 3.8) is 0 Å². The van der Waals surface area contributed by atoms with Crippen LogP contribution in [0.2, 0.25) is 0 Å². The van der Waals surface area contributed by atoms with Gasteiger partial charge in [0.2, 0.25) is 0 Å². The van der Waals surface area contributed by atoms with Gasteiger partial charge in [0.15, 0.2) is 0 Å². The number of rotatable bonds is 6. The summed E-state index contributed by atoms with van der Waals surface area (Å²) in [6.07, 6.45) is 1.93. The summed E-state index contributed by atoms with van der Waals surface area (Å²) in [5.41, 5.74) is 2.81. The van der Waals surface area contributed by atoms with Gasteiger partial charge in [-0.3, -0.25) is 0 Å². The molecule has 3 rings (SSSR count). The largest absolute Gasteiger partial charge is 0.395 e. The first-order valence-corrected chi connectivity index (χ1v) is 7.41. The number of aromatic nitrogens is 1. The number of halogens is 1. The average Bonchev–Trinajstić information content (AvgIpc) is 2.96. The second-order valence-corrected chi connectivity index (χ2v) is 5.30. The molecule has 0 atom stereocenters. The van der Waals surface area contributed by atoms with Gasteiger partial charge in [-0.2, -0.15) is 0 Å². The monoisotopic (exact) mass is 298 g/mol. The Bertz CT molecular complexity index is 752. The molecule has 114 valence electrons. The molecule has 0 fully saturated rings. The van der Waals surface area contributed by atoms with Crippen LogP contribution in [0, 0.1) is 5.82 Å². The van der Waals surface area contributed by atoms with Gasteiger partial charge in [0.25, 0.3) is 0 Å². The van der Waals surface area contributed by atoms with E-state index in [9.17, 15) is 4.39 Å². The first kappa shape index (κ1) is 14.8. The number of nitrogens with zero attached hydrogens (tertiary/aromatic N) is 1. The third kappa shape index (κ3) is 3.03. The van der Waals surface area contributed by atoms with Crippen LogP contribution < -0.4 is 5.32 Å². The minimum Gasteiger partial charge on any atom is -0.395 e. The van der Waals surface area contributed by atoms with Gasteiger partial charge in [0, 0.05) is 31.2 Å². The van der Waals surface area contributed by atoms with E-state index in [1.165, 1.54) is 6.07 Å². The Labute approximate surface area is 129 Å². The fourth-order valence-corrected chi connectivity index (χ4v) is 2.71. The van der Waals surface area contributed by atoms with Crippen molar-refractivity contribution in [2.45, 2.75) is 13.1 Å². The highest BCUT2D eigenvalue weighted by Crippen LogP contribution is 2.24. The fraction of sp³-hybridized carbons (Fsp3) is 0.222. The zero-order valence-electron chi connectivity index (χ0n) is 12.3. The molecule has 0 unspecified atom stereocenters. The Morgan fingerprint density at radius 2 is 1.86 bits per heavy atom. The molecule has 1 heterocycles. The SMILES string of the molecule is OCCNCc1ccc(F)c2c1ccn2Cc1ccccc1. The highest BCUT2D eigenvalue weighted by Gasteiger charge is 2.11. The van der Waals surface area contributed by atoms with Crippen LogP contribution in [0.15, 0.2) is 54.7 Å². The van der Waals surface area contributed by atoms with E-state index in [1.54, 1.807) is 6.07 Å². The molecule has 3 nitrogen and oxygen atoms in total. The van der Waals surface area contributed by atoms with Gasteiger partial charge in [-0.1, -0.05) is 36.4 Å². The first-order valence-electron chi connectivity index (χ1n) is 7.41. The second-order valence-electron chi connectivity index (χ2n) is 5.30. The number of benzene rings is 2. The molecule has 0 aliphatic rings. The van der Waals surface area contributed by atoms with Gasteiger partial charge in [-0.15, -0.1) is 0 Å². The maximum absolute atomic E-state index is 14.3. The van der Waals surface area contributed by atoms with Gasteiger partial charge < -0.3 is 15.0 Å². The maximum Gasteiger partial charge on any atom is 0.147 e. The molecule has 3 aromatic rings. The van der Waals surface area contributed by atoms with Crippen LogP contribution in [0.25, 0.3) is 10.9 Å². The molecule has 0 radical (unpaired) electrons. The molecule has 0 amide bonds. The summed E-state index contributed by atoms with van der Waals surface area (Å²) >= 11 is 0. The Morgan fingerprint density at radius 3 is 2.64 bits per heavy atom. The minimum atomic E-state index is -0.207. The Kier molecular flexibility index (Phi) is 4.51. The van der Waals surface area contributed by atoms with E-state index in [2.05, 4.69) is 5.32 Å². The van der Waals surface area contributed by atoms with E-state index in [0.717, 1.165) is 16.5 Å². The molecule has 2 aromatic carbocycles. The summed E-state index contributed by atoms with van der Waals surface area (Å²) in [5.74, 6) is -0.207. The molecule has 4 heteroatoms. The molecular formula is C18H19FN2O. The lowest BCUT2D eigenvalue weighted by molar-refractivity contribution is 0.292. The van der Waals surface area contributed by atoms with Gasteiger partial charge >= 0.3 is 0 Å². The third-order valence-corrected chi connectivity index (χ3v) is 3.77. The van der Waals surface area contributed by atoms with Crippen molar-refractivity contribution in [1.29, 1.82) is 0 Å². The summed E-state index contributed by atoms with van der Waals surface area (Å²) in [7, 11) is 0. The maximum atomic E-state index is 14.3. The van der Waals surface area contributed by atoms with E-state index in [1.807, 2.05) is 47.2 Å². The van der Waals surface area contributed by atoms with Crippen molar-refractivity contribution >= 4 is 10.9 Å². The molecule has 0 bridgehead atoms. The van der Waals surface area contributed by atoms with Crippen molar-refractivity contribution < 1.29 is 9.50 Å². The number of hydrogen-bond acceptors (Lipinski definition) is 2. The average molecular weight is 298 g/mol. The lowest BCUT2D eigenvalue weighted by atomic mass is 10.1. The number of nitrogens with one attached hydrogen (secondary N) is 1. The Morgan fingerprint density at radius 1 is 1.05 bits per heavy atom. The number of hydrogen-bond donors (Lipinski definition) is 2. The predicted octanol–water partition coefficient (Wildman–Crippen LogP) is 2.91. The zero-order valence-corrected chi connectivity index (χ0v) is 12.3. The van der Waals surface area contributed by atoms with Crippen LogP contribution in [0.5, 0.6) is 0 Å². The van der Waals surface area contributed by atoms with E-state index < -0.39 is 0 Å². The predicted molar refractivity (Wildman–Crippen MR) is 86.2 cm³/mol. The Hall–Kier alpha value is -2.17. The lowest BCUT2D eigenvalue weighted by Gasteiger charge is -2.09. The molecule has 0 aliphatic heterocycles. The smallest absolute Gasteiger partial charge is 0.147 e. The number of fused-ring (bicyclic) bond motifs is 1. The van der Waals surface area contributed by atoms with E-state index in [-0.39, 0.29) is 12.4 Å². The molecular weight excluding hydrogens is 279 g/mol. The van der Waals surface area contributed by atoms with Gasteiger partial charge in [-0.25, -0.2) is 4.39 Å². The van der Waals surface area contributed by atoms with Crippen molar-refractivity contribution in [3.05, 3.63) is 71.7 Å². The molecule has 0 aliphatic carbocycles. The zero-order chi connectivity index (χ0) is 15.4. The van der Waals surface area contributed by atoms with Crippen LogP contribution >= 0.6 is 0 Å². The quantitative estimate of drug-likeness (QED) is 0.687. The van der Waals surface area contributed by atoms with Gasteiger partial charge in [0.1, 0.15) is 5.82 Å². The molecule has 0 saturated carbocycles. The lowest BCUT2D eigenvalue weighted by Crippen LogP contribution is -2.17. The van der Waals surface area contributed by atoms with Gasteiger partial charge in [-0.05, 0) is 23.3 Å². The van der Waals surface area contributed by atoms with Gasteiger partial charge in [0.05, 0.1) is 12.1 Å². The molecule has 1 aromatic heterocycles. The first-order chi connectivity index (χ1) is 10.8. The van der Waals surface area contributed by atoms with Crippen LogP contribution in [0.4, 0.5) is 4.39 Å². The van der Waals surface area contributed by atoms with Crippen LogP contribution in [0.3, 0.4) is 0 Å². The second kappa shape index (κ2) is 6.73. The van der Waals surface area contributed by atoms with Crippen LogP contribution in [-0.4, -0.2) is 22.8 Å². The highest BCUT2D eigenvalue weighted by molar-refractivity contribution is 5.84. The van der Waals surface area contributed by atoms with E-state index in [0.29, 0.717) is 25.2 Å². The summed E-state index contributed by atoms with van der Waals surface area (Å²) in [4.78, 5) is 0. The normalized spacial score (nSPS) is 11.2. The number of aliphatic hydroxyl groups is 1. The van der Waals surface area contributed by atoms with Crippen LogP contribution in [0.1, 0.15) is 11.1 Å². The highest BCUT2D eigenvalue weighted by atomic mass is 19.1. The topological polar surface area (TPSA) is 37.2 Å². The molecule has 22 heavy (non-hydrogen) atoms. The fourth-order valence-electron chi connectivity index (χ4n) is 2.71. The third-order valence-electron chi connectivity index (χ3n) is 3.77. The molecule has 0 spiro atoms. The van der Waals surface area contributed by atoms with E-state index in [4.69, 9.17) is 5.11 Å². The summed E-state index contributed by atoms with van der Waals surface area (Å²) in [6, 6.07) is 15.3. The molecule has 0 saturated heterocycles. The summed E-state index contributed by atoms with van der Waals surface area (Å²) < 4.78 is 16.2. The summed E-state index contributed by atoms with van der Waals surface area (Å²) in [5, 5.41) is 12.9. The number of aliphatic hydroxyl groups excluding tert-OH is 1. The van der Waals surface area contributed by atoms with E-state index >= 15 is 0 Å². The molecule has 2 N–H and O–H groups in total. The standard InChI is InChI=1S/C18H19FN2O/c19-17-7-6-15(12-20-9-11-22)16-8-10-21(18(16)17)13-14-4-2-1-3-5-14/h1-8,10,20,22H,9,11-13H2. The van der Waals surface area contributed by atoms with Crippen LogP contribution in [-0.2, 0) is 13.1 Å². The van der Waals surface area contributed by atoms with Crippen molar-refractivity contribution in [2.24, 2.45) is 0 Å². The summed E-state index contributed by atoms with van der Waals surface area (Å²) in [6.45, 7) is 1.89. The van der Waals surface area contributed by atoms with Crippen molar-refractivity contribution in [1.82, 2.24) is 9.88 Å². The Balaban J connectivity index is 1.94. The van der Waals surface area contributed by atoms with Crippen molar-refractivity contribution in [2.75, 3.05) is 13.2 Å². The minimum absolute atomic E-state index is 0.0966.